The molecule has 4 aliphatic rings. The third-order valence-electron chi connectivity index (χ3n) is 13.2. The number of anilines is 1. The standard InChI is InChI=1S/C59H44N4O12/c1-62(2)36-11-16-41-49(25-36)74-50-26-37(63(3)4)12-17-42(50)52(41)39-14-9-34(23-45(39)58(70)71)56(67)60-28-30-5-6-32-22-33(8-7-31(32)21-30)55(66)61-29-47-48(65)20-19-44-53(43-18-13-38(64)27-51(43)75-54(44)47)40-15-10-35(57(68)69)24-46(40)59(72)73/h5-27H,28-29H2,1-4H3,(H5-,60,61,64,65,66,67,68,69,70,71,72,73)/p+1. The number of hydrogen-bond donors (Lipinski definition) is 6. The van der Waals surface area contributed by atoms with Crippen LogP contribution in [-0.4, -0.2) is 78.3 Å². The molecule has 16 heteroatoms. The fourth-order valence-electron chi connectivity index (χ4n) is 9.41. The summed E-state index contributed by atoms with van der Waals surface area (Å²) in [5.74, 6) is -4.49. The number of nitrogens with one attached hydrogen (secondary N) is 2. The monoisotopic (exact) mass is 1000 g/mol. The van der Waals surface area contributed by atoms with Gasteiger partial charge in [0.1, 0.15) is 42.5 Å². The lowest BCUT2D eigenvalue weighted by Gasteiger charge is -2.19. The number of phenolic OH excluding ortho intramolecular Hbond substituents is 1. The van der Waals surface area contributed by atoms with Crippen LogP contribution in [0, 0.1) is 0 Å². The van der Waals surface area contributed by atoms with Crippen LogP contribution in [-0.2, 0) is 13.1 Å². The van der Waals surface area contributed by atoms with Crippen molar-refractivity contribution in [1.29, 1.82) is 0 Å². The van der Waals surface area contributed by atoms with Crippen LogP contribution >= 0.6 is 0 Å². The maximum atomic E-state index is 13.7. The molecule has 6 N–H and O–H groups in total. The Labute approximate surface area is 426 Å². The number of aromatic hydroxyl groups is 1. The third kappa shape index (κ3) is 9.12. The molecule has 10 rings (SSSR count). The first kappa shape index (κ1) is 48.5. The number of carboxylic acids is 3. The third-order valence-corrected chi connectivity index (χ3v) is 13.2. The lowest BCUT2D eigenvalue weighted by molar-refractivity contribution is 0.0682. The van der Waals surface area contributed by atoms with E-state index in [2.05, 4.69) is 10.6 Å². The lowest BCUT2D eigenvalue weighted by atomic mass is 9.88. The molecule has 2 aliphatic carbocycles. The first-order valence-corrected chi connectivity index (χ1v) is 23.4. The molecule has 6 aromatic rings. The zero-order chi connectivity index (χ0) is 53.0. The fraction of sp³-hybridized carbons (Fsp3) is 0.102. The van der Waals surface area contributed by atoms with Crippen LogP contribution in [0.1, 0.15) is 62.9 Å². The van der Waals surface area contributed by atoms with Gasteiger partial charge in [0, 0.05) is 88.7 Å². The molecule has 0 aromatic heterocycles. The summed E-state index contributed by atoms with van der Waals surface area (Å²) >= 11 is 0. The molecule has 16 nitrogen and oxygen atoms in total. The van der Waals surface area contributed by atoms with Gasteiger partial charge in [0.25, 0.3) is 11.8 Å². The number of carboxylic acid groups (broad SMARTS) is 3. The van der Waals surface area contributed by atoms with E-state index in [-0.39, 0.29) is 69.1 Å². The van der Waals surface area contributed by atoms with Gasteiger partial charge in [-0.1, -0.05) is 30.3 Å². The second-order valence-corrected chi connectivity index (χ2v) is 18.4. The van der Waals surface area contributed by atoms with Crippen LogP contribution in [0.2, 0.25) is 0 Å². The van der Waals surface area contributed by atoms with Gasteiger partial charge in [0.2, 0.25) is 5.36 Å². The summed E-state index contributed by atoms with van der Waals surface area (Å²) in [5.41, 5.74) is 4.23. The minimum absolute atomic E-state index is 0.0242. The number of benzene rings is 8. The second kappa shape index (κ2) is 19.2. The quantitative estimate of drug-likeness (QED) is 0.0495. The Kier molecular flexibility index (Phi) is 12.4. The zero-order valence-corrected chi connectivity index (χ0v) is 40.6. The van der Waals surface area contributed by atoms with E-state index in [1.54, 1.807) is 42.5 Å². The first-order chi connectivity index (χ1) is 35.9. The molecule has 0 radical (unpaired) electrons. The maximum absolute atomic E-state index is 13.7. The Hall–Kier alpha value is -10.1. The predicted octanol–water partition coefficient (Wildman–Crippen LogP) is 8.99. The van der Waals surface area contributed by atoms with Gasteiger partial charge < -0.3 is 44.8 Å². The number of amides is 2. The average molecular weight is 1000 g/mol. The highest BCUT2D eigenvalue weighted by Crippen LogP contribution is 2.44. The molecule has 2 heterocycles. The average Bonchev–Trinajstić information content (AvgIpc) is 3.40. The number of carbonyl (C=O) groups is 5. The highest BCUT2D eigenvalue weighted by atomic mass is 16.4. The Morgan fingerprint density at radius 2 is 1.12 bits per heavy atom. The molecule has 2 aliphatic heterocycles. The van der Waals surface area contributed by atoms with E-state index in [0.29, 0.717) is 55.3 Å². The Balaban J connectivity index is 0.879. The van der Waals surface area contributed by atoms with Crippen molar-refractivity contribution >= 4 is 68.1 Å². The summed E-state index contributed by atoms with van der Waals surface area (Å²) in [6.45, 7) is -0.195. The minimum Gasteiger partial charge on any atom is -0.508 e. The number of fused-ring (bicyclic) bond motifs is 5. The number of aromatic carboxylic acids is 3. The van der Waals surface area contributed by atoms with Gasteiger partial charge in [-0.05, 0) is 112 Å². The van der Waals surface area contributed by atoms with Crippen molar-refractivity contribution in [3.05, 3.63) is 194 Å². The molecular weight excluding hydrogens is 957 g/mol. The summed E-state index contributed by atoms with van der Waals surface area (Å²) in [6, 6.07) is 37.3. The van der Waals surface area contributed by atoms with E-state index in [0.717, 1.165) is 28.1 Å². The van der Waals surface area contributed by atoms with Crippen LogP contribution < -0.4 is 30.9 Å². The summed E-state index contributed by atoms with van der Waals surface area (Å²) in [6.07, 6.45) is 0. The molecule has 0 fully saturated rings. The SMILES string of the molecule is CN(C)c1ccc2c(-c3ccc(C(=O)NCc4ccc5cc(C(=O)NCc6c7oc8cc(O)ccc8c(-c8ccc(C(=O)O)cc8C(=O)O)c-7ccc6=O)ccc5c4)cc3C(=O)O)c3ccc(=[N+](C)C)cc-3oc2c1. The van der Waals surface area contributed by atoms with E-state index in [1.807, 2.05) is 80.1 Å². The molecule has 0 atom stereocenters. The molecule has 0 bridgehead atoms. The van der Waals surface area contributed by atoms with Gasteiger partial charge in [-0.15, -0.1) is 0 Å². The van der Waals surface area contributed by atoms with E-state index in [1.165, 1.54) is 48.5 Å². The van der Waals surface area contributed by atoms with Gasteiger partial charge in [0.15, 0.2) is 5.43 Å². The normalized spacial score (nSPS) is 11.3. The van der Waals surface area contributed by atoms with Crippen LogP contribution in [0.15, 0.2) is 153 Å². The van der Waals surface area contributed by atoms with Gasteiger partial charge in [-0.3, -0.25) is 14.4 Å². The van der Waals surface area contributed by atoms with Gasteiger partial charge >= 0.3 is 17.9 Å². The van der Waals surface area contributed by atoms with Gasteiger partial charge in [0.05, 0.1) is 34.9 Å². The number of rotatable bonds is 12. The Morgan fingerprint density at radius 1 is 0.547 bits per heavy atom. The number of carbonyl (C=O) groups excluding carboxylic acids is 2. The molecule has 372 valence electrons. The van der Waals surface area contributed by atoms with E-state index in [4.69, 9.17) is 8.83 Å². The number of phenols is 1. The lowest BCUT2D eigenvalue weighted by Crippen LogP contribution is -2.26. The summed E-state index contributed by atoms with van der Waals surface area (Å²) in [7, 11) is 7.69. The van der Waals surface area contributed by atoms with E-state index >= 15 is 0 Å². The summed E-state index contributed by atoms with van der Waals surface area (Å²) < 4.78 is 14.6. The van der Waals surface area contributed by atoms with Crippen molar-refractivity contribution in [3.8, 4) is 50.7 Å². The van der Waals surface area contributed by atoms with Crippen LogP contribution in [0.25, 0.3) is 77.6 Å². The van der Waals surface area contributed by atoms with Crippen molar-refractivity contribution in [2.75, 3.05) is 33.1 Å². The topological polar surface area (TPSA) is 240 Å². The van der Waals surface area contributed by atoms with Crippen LogP contribution in [0.5, 0.6) is 5.75 Å². The summed E-state index contributed by atoms with van der Waals surface area (Å²) in [4.78, 5) is 80.1. The van der Waals surface area contributed by atoms with Crippen molar-refractivity contribution in [2.45, 2.75) is 13.1 Å². The second-order valence-electron chi connectivity index (χ2n) is 18.4. The number of hydrogen-bond acceptors (Lipinski definition) is 10. The number of nitrogens with zero attached hydrogens (tertiary/aromatic N) is 2. The highest BCUT2D eigenvalue weighted by Gasteiger charge is 2.27. The predicted molar refractivity (Wildman–Crippen MR) is 283 cm³/mol. The first-order valence-electron chi connectivity index (χ1n) is 23.4. The van der Waals surface area contributed by atoms with Crippen molar-refractivity contribution < 1.29 is 53.2 Å². The molecular formula is C59H45N4O12+. The molecule has 0 spiro atoms. The van der Waals surface area contributed by atoms with Gasteiger partial charge in [-0.2, -0.15) is 0 Å². The summed E-state index contributed by atoms with van der Waals surface area (Å²) in [5, 5.41) is 49.9. The molecule has 0 saturated carbocycles. The van der Waals surface area contributed by atoms with Crippen LogP contribution in [0.3, 0.4) is 0 Å². The van der Waals surface area contributed by atoms with E-state index < -0.39 is 35.2 Å². The molecule has 75 heavy (non-hydrogen) atoms. The maximum Gasteiger partial charge on any atom is 0.336 e. The van der Waals surface area contributed by atoms with Gasteiger partial charge in [-0.25, -0.2) is 19.0 Å². The smallest absolute Gasteiger partial charge is 0.336 e. The highest BCUT2D eigenvalue weighted by molar-refractivity contribution is 6.11. The molecule has 2 amide bonds. The Bertz CT molecular complexity index is 4150. The molecule has 6 aromatic carbocycles. The fourth-order valence-corrected chi connectivity index (χ4v) is 9.41. The zero-order valence-electron chi connectivity index (χ0n) is 40.6. The molecule has 0 unspecified atom stereocenters. The molecule has 0 saturated heterocycles. The van der Waals surface area contributed by atoms with Crippen LogP contribution in [0.4, 0.5) is 5.69 Å². The largest absolute Gasteiger partial charge is 0.508 e. The minimum atomic E-state index is -1.39. The van der Waals surface area contributed by atoms with Crippen molar-refractivity contribution in [2.24, 2.45) is 0 Å². The van der Waals surface area contributed by atoms with E-state index in [9.17, 15) is 49.2 Å². The van der Waals surface area contributed by atoms with Crippen molar-refractivity contribution in [1.82, 2.24) is 15.2 Å². The van der Waals surface area contributed by atoms with Crippen molar-refractivity contribution in [3.63, 3.8) is 0 Å². The Morgan fingerprint density at radius 3 is 1.80 bits per heavy atom.